The lowest BCUT2D eigenvalue weighted by atomic mass is 9.95. The molecule has 0 spiro atoms. The number of piperidine rings is 1. The molecule has 0 aliphatic carbocycles. The summed E-state index contributed by atoms with van der Waals surface area (Å²) < 4.78 is 2.44. The fourth-order valence-corrected chi connectivity index (χ4v) is 3.33. The summed E-state index contributed by atoms with van der Waals surface area (Å²) in [6.07, 6.45) is 9.54. The lowest BCUT2D eigenvalue weighted by Crippen LogP contribution is -2.47. The first-order chi connectivity index (χ1) is 8.69. The highest BCUT2D eigenvalue weighted by Gasteiger charge is 2.32. The van der Waals surface area contributed by atoms with Crippen molar-refractivity contribution in [1.82, 2.24) is 14.5 Å². The number of thioether (sulfide) groups is 1. The molecule has 1 fully saturated rings. The van der Waals surface area contributed by atoms with Gasteiger partial charge < -0.3 is 15.2 Å². The van der Waals surface area contributed by atoms with Crippen LogP contribution in [0.15, 0.2) is 12.4 Å². The molecule has 2 heterocycles. The zero-order valence-electron chi connectivity index (χ0n) is 11.4. The van der Waals surface area contributed by atoms with Gasteiger partial charge in [-0.1, -0.05) is 0 Å². The van der Waals surface area contributed by atoms with Crippen LogP contribution >= 0.6 is 11.8 Å². The van der Waals surface area contributed by atoms with E-state index in [9.17, 15) is 0 Å². The van der Waals surface area contributed by atoms with Crippen LogP contribution in [0.25, 0.3) is 0 Å². The number of hydrogen-bond donors (Lipinski definition) is 1. The van der Waals surface area contributed by atoms with Crippen LogP contribution < -0.4 is 5.73 Å². The Morgan fingerprint density at radius 1 is 1.44 bits per heavy atom. The van der Waals surface area contributed by atoms with Crippen molar-refractivity contribution >= 4 is 11.8 Å². The predicted molar refractivity (Wildman–Crippen MR) is 77.9 cm³/mol. The molecule has 102 valence electrons. The van der Waals surface area contributed by atoms with E-state index in [-0.39, 0.29) is 0 Å². The van der Waals surface area contributed by atoms with E-state index in [4.69, 9.17) is 5.73 Å². The summed E-state index contributed by atoms with van der Waals surface area (Å²) in [7, 11) is 2.06. The minimum absolute atomic E-state index is 0.333. The van der Waals surface area contributed by atoms with Gasteiger partial charge in [0.2, 0.25) is 0 Å². The van der Waals surface area contributed by atoms with Crippen molar-refractivity contribution in [1.29, 1.82) is 0 Å². The number of aryl methyl sites for hydroxylation is 1. The zero-order valence-corrected chi connectivity index (χ0v) is 12.2. The molecule has 4 nitrogen and oxygen atoms in total. The van der Waals surface area contributed by atoms with Crippen molar-refractivity contribution in [3.05, 3.63) is 18.2 Å². The molecule has 18 heavy (non-hydrogen) atoms. The van der Waals surface area contributed by atoms with E-state index in [2.05, 4.69) is 27.8 Å². The third kappa shape index (κ3) is 3.08. The Bertz CT molecular complexity index is 363. The molecule has 0 saturated carbocycles. The van der Waals surface area contributed by atoms with Gasteiger partial charge in [0, 0.05) is 43.7 Å². The molecule has 1 aromatic rings. The predicted octanol–water partition coefficient (Wildman–Crippen LogP) is 1.12. The molecule has 5 heteroatoms. The van der Waals surface area contributed by atoms with Crippen molar-refractivity contribution in [2.24, 2.45) is 12.8 Å². The third-order valence-corrected chi connectivity index (χ3v) is 5.59. The van der Waals surface area contributed by atoms with Crippen molar-refractivity contribution in [2.45, 2.75) is 24.0 Å². The van der Waals surface area contributed by atoms with Gasteiger partial charge in [0.1, 0.15) is 5.82 Å². The highest BCUT2D eigenvalue weighted by Crippen LogP contribution is 2.33. The van der Waals surface area contributed by atoms with Crippen molar-refractivity contribution < 1.29 is 0 Å². The molecular weight excluding hydrogens is 244 g/mol. The van der Waals surface area contributed by atoms with E-state index in [1.807, 2.05) is 24.2 Å². The van der Waals surface area contributed by atoms with Gasteiger partial charge in [-0.25, -0.2) is 4.98 Å². The molecule has 1 aromatic heterocycles. The van der Waals surface area contributed by atoms with E-state index in [0.29, 0.717) is 4.75 Å². The second-order valence-electron chi connectivity index (χ2n) is 5.14. The van der Waals surface area contributed by atoms with Gasteiger partial charge >= 0.3 is 0 Å². The minimum Gasteiger partial charge on any atom is -0.338 e. The Balaban J connectivity index is 1.79. The van der Waals surface area contributed by atoms with Gasteiger partial charge in [-0.05, 0) is 32.2 Å². The smallest absolute Gasteiger partial charge is 0.109 e. The second kappa shape index (κ2) is 6.08. The van der Waals surface area contributed by atoms with Crippen molar-refractivity contribution in [3.63, 3.8) is 0 Å². The Morgan fingerprint density at radius 3 is 2.67 bits per heavy atom. The summed E-state index contributed by atoms with van der Waals surface area (Å²) >= 11 is 1.95. The van der Waals surface area contributed by atoms with Crippen LogP contribution in [0.4, 0.5) is 0 Å². The van der Waals surface area contributed by atoms with Gasteiger partial charge in [0.05, 0.1) is 0 Å². The fraction of sp³-hybridized carbons (Fsp3) is 0.769. The minimum atomic E-state index is 0.333. The van der Waals surface area contributed by atoms with E-state index < -0.39 is 0 Å². The Kier molecular flexibility index (Phi) is 4.70. The molecule has 0 atom stereocenters. The summed E-state index contributed by atoms with van der Waals surface area (Å²) in [5.41, 5.74) is 5.91. The Labute approximate surface area is 114 Å². The molecule has 0 aromatic carbocycles. The van der Waals surface area contributed by atoms with Gasteiger partial charge in [-0.2, -0.15) is 11.8 Å². The molecule has 0 amide bonds. The summed E-state index contributed by atoms with van der Waals surface area (Å²) in [6.45, 7) is 4.26. The molecule has 0 radical (unpaired) electrons. The molecule has 1 aliphatic heterocycles. The van der Waals surface area contributed by atoms with Gasteiger partial charge in [0.15, 0.2) is 0 Å². The van der Waals surface area contributed by atoms with Crippen LogP contribution in [0.5, 0.6) is 0 Å². The molecule has 1 aliphatic rings. The highest BCUT2D eigenvalue weighted by atomic mass is 32.2. The third-order valence-electron chi connectivity index (χ3n) is 4.14. The van der Waals surface area contributed by atoms with E-state index in [1.54, 1.807) is 0 Å². The second-order valence-corrected chi connectivity index (χ2v) is 6.41. The molecule has 2 rings (SSSR count). The van der Waals surface area contributed by atoms with Gasteiger partial charge in [0.25, 0.3) is 0 Å². The normalized spacial score (nSPS) is 20.2. The first-order valence-corrected chi connectivity index (χ1v) is 7.85. The van der Waals surface area contributed by atoms with Gasteiger partial charge in [-0.15, -0.1) is 0 Å². The van der Waals surface area contributed by atoms with Crippen molar-refractivity contribution in [2.75, 3.05) is 32.4 Å². The summed E-state index contributed by atoms with van der Waals surface area (Å²) in [6, 6.07) is 0. The molecule has 2 N–H and O–H groups in total. The van der Waals surface area contributed by atoms with Crippen LogP contribution in [-0.2, 0) is 13.5 Å². The zero-order chi connectivity index (χ0) is 13.0. The lowest BCUT2D eigenvalue weighted by Gasteiger charge is -2.40. The molecular formula is C13H24N4S. The average Bonchev–Trinajstić information content (AvgIpc) is 2.83. The lowest BCUT2D eigenvalue weighted by molar-refractivity contribution is 0.203. The van der Waals surface area contributed by atoms with Crippen molar-refractivity contribution in [3.8, 4) is 0 Å². The number of rotatable bonds is 5. The number of imidazole rings is 1. The monoisotopic (exact) mass is 268 g/mol. The maximum Gasteiger partial charge on any atom is 0.109 e. The standard InChI is InChI=1S/C13H24N4S/c1-16-10-6-15-12(16)3-7-17-8-4-13(11-14,18-2)5-9-17/h6,10H,3-5,7-9,11,14H2,1-2H3. The quantitative estimate of drug-likeness (QED) is 0.869. The largest absolute Gasteiger partial charge is 0.338 e. The van der Waals surface area contributed by atoms with Crippen LogP contribution in [0.2, 0.25) is 0 Å². The fourth-order valence-electron chi connectivity index (χ4n) is 2.57. The summed E-state index contributed by atoms with van der Waals surface area (Å²) in [5.74, 6) is 1.18. The first kappa shape index (κ1) is 13.9. The maximum atomic E-state index is 5.91. The number of likely N-dealkylation sites (tertiary alicyclic amines) is 1. The molecule has 0 bridgehead atoms. The van der Waals surface area contributed by atoms with Crippen LogP contribution in [-0.4, -0.2) is 51.6 Å². The van der Waals surface area contributed by atoms with E-state index in [0.717, 1.165) is 19.5 Å². The number of aromatic nitrogens is 2. The Morgan fingerprint density at radius 2 is 2.17 bits per heavy atom. The van der Waals surface area contributed by atoms with Crippen LogP contribution in [0.3, 0.4) is 0 Å². The maximum absolute atomic E-state index is 5.91. The van der Waals surface area contributed by atoms with E-state index >= 15 is 0 Å². The average molecular weight is 268 g/mol. The van der Waals surface area contributed by atoms with E-state index in [1.165, 1.54) is 31.8 Å². The van der Waals surface area contributed by atoms with Crippen LogP contribution in [0, 0.1) is 0 Å². The summed E-state index contributed by atoms with van der Waals surface area (Å²) in [5, 5.41) is 0. The molecule has 0 unspecified atom stereocenters. The summed E-state index contributed by atoms with van der Waals surface area (Å²) in [4.78, 5) is 6.91. The first-order valence-electron chi connectivity index (χ1n) is 6.63. The topological polar surface area (TPSA) is 47.1 Å². The SMILES string of the molecule is CSC1(CN)CCN(CCc2nccn2C)CC1. The van der Waals surface area contributed by atoms with Crippen LogP contribution in [0.1, 0.15) is 18.7 Å². The highest BCUT2D eigenvalue weighted by molar-refractivity contribution is 8.00. The number of nitrogens with two attached hydrogens (primary N) is 1. The molecule has 1 saturated heterocycles. The van der Waals surface area contributed by atoms with Gasteiger partial charge in [-0.3, -0.25) is 0 Å². The number of hydrogen-bond acceptors (Lipinski definition) is 4. The Hall–Kier alpha value is -0.520. The number of nitrogens with zero attached hydrogens (tertiary/aromatic N) is 3.